The Balaban J connectivity index is 1.19. The number of anilines is 3. The minimum absolute atomic E-state index is 0.317. The molecule has 0 atom stereocenters. The van der Waals surface area contributed by atoms with Crippen molar-refractivity contribution in [2.24, 2.45) is 0 Å². The molecule has 5 rings (SSSR count). The lowest BCUT2D eigenvalue weighted by Gasteiger charge is -2.35. The Morgan fingerprint density at radius 3 is 2.55 bits per heavy atom. The van der Waals surface area contributed by atoms with Crippen LogP contribution < -0.4 is 19.7 Å². The van der Waals surface area contributed by atoms with Crippen molar-refractivity contribution < 1.29 is 9.47 Å². The van der Waals surface area contributed by atoms with Gasteiger partial charge in [0.2, 0.25) is 6.79 Å². The lowest BCUT2D eigenvalue weighted by molar-refractivity contribution is 0.174. The van der Waals surface area contributed by atoms with Gasteiger partial charge in [-0.25, -0.2) is 9.97 Å². The molecule has 1 aromatic heterocycles. The number of rotatable bonds is 5. The van der Waals surface area contributed by atoms with Crippen LogP contribution in [0.25, 0.3) is 0 Å². The summed E-state index contributed by atoms with van der Waals surface area (Å²) in [5, 5.41) is 3.34. The van der Waals surface area contributed by atoms with Crippen LogP contribution in [0, 0.1) is 0 Å². The first kappa shape index (κ1) is 17.8. The Morgan fingerprint density at radius 1 is 0.862 bits per heavy atom. The maximum absolute atomic E-state index is 5.49. The lowest BCUT2D eigenvalue weighted by atomic mass is 10.1. The summed E-state index contributed by atoms with van der Waals surface area (Å²) < 4.78 is 10.9. The van der Waals surface area contributed by atoms with Gasteiger partial charge in [0.15, 0.2) is 11.5 Å². The summed E-state index contributed by atoms with van der Waals surface area (Å²) in [6, 6.07) is 18.3. The van der Waals surface area contributed by atoms with E-state index in [0.29, 0.717) is 6.79 Å². The van der Waals surface area contributed by atoms with E-state index in [1.54, 1.807) is 6.33 Å². The van der Waals surface area contributed by atoms with E-state index in [-0.39, 0.29) is 0 Å². The first-order valence-electron chi connectivity index (χ1n) is 9.83. The predicted octanol–water partition coefficient (Wildman–Crippen LogP) is 3.27. The van der Waals surface area contributed by atoms with E-state index in [1.165, 1.54) is 5.56 Å². The summed E-state index contributed by atoms with van der Waals surface area (Å²) in [4.78, 5) is 13.6. The van der Waals surface area contributed by atoms with E-state index >= 15 is 0 Å². The molecule has 2 aliphatic rings. The molecule has 0 radical (unpaired) electrons. The van der Waals surface area contributed by atoms with Crippen LogP contribution in [0.3, 0.4) is 0 Å². The number of para-hydroxylation sites is 1. The molecule has 29 heavy (non-hydrogen) atoms. The molecule has 7 heteroatoms. The van der Waals surface area contributed by atoms with Gasteiger partial charge < -0.3 is 19.7 Å². The summed E-state index contributed by atoms with van der Waals surface area (Å²) in [7, 11) is 0. The summed E-state index contributed by atoms with van der Waals surface area (Å²) >= 11 is 0. The van der Waals surface area contributed by atoms with Crippen LogP contribution in [0.4, 0.5) is 17.3 Å². The van der Waals surface area contributed by atoms with E-state index < -0.39 is 0 Å². The van der Waals surface area contributed by atoms with Crippen LogP contribution in [0.15, 0.2) is 60.9 Å². The molecule has 7 nitrogen and oxygen atoms in total. The Hall–Kier alpha value is -3.32. The molecule has 1 saturated heterocycles. The van der Waals surface area contributed by atoms with Gasteiger partial charge in [-0.3, -0.25) is 4.90 Å². The molecule has 0 amide bonds. The molecule has 3 aromatic rings. The van der Waals surface area contributed by atoms with Crippen LogP contribution in [0.5, 0.6) is 11.5 Å². The van der Waals surface area contributed by atoms with Gasteiger partial charge >= 0.3 is 0 Å². The fourth-order valence-corrected chi connectivity index (χ4v) is 3.69. The molecular formula is C22H23N5O2. The first-order chi connectivity index (χ1) is 14.3. The number of hydrogen-bond acceptors (Lipinski definition) is 7. The highest BCUT2D eigenvalue weighted by Gasteiger charge is 2.20. The van der Waals surface area contributed by atoms with Crippen LogP contribution >= 0.6 is 0 Å². The molecule has 0 aliphatic carbocycles. The maximum Gasteiger partial charge on any atom is 0.231 e. The molecule has 0 spiro atoms. The van der Waals surface area contributed by atoms with Gasteiger partial charge in [-0.1, -0.05) is 24.3 Å². The maximum atomic E-state index is 5.49. The van der Waals surface area contributed by atoms with Gasteiger partial charge in [0.05, 0.1) is 0 Å². The molecule has 0 bridgehead atoms. The Kier molecular flexibility index (Phi) is 4.88. The highest BCUT2D eigenvalue weighted by Crippen LogP contribution is 2.33. The summed E-state index contributed by atoms with van der Waals surface area (Å²) in [6.07, 6.45) is 1.62. The summed E-state index contributed by atoms with van der Waals surface area (Å²) in [6.45, 7) is 5.07. The minimum atomic E-state index is 0.317. The second-order valence-electron chi connectivity index (χ2n) is 7.20. The van der Waals surface area contributed by atoms with Crippen LogP contribution in [0.2, 0.25) is 0 Å². The normalized spacial score (nSPS) is 16.1. The summed E-state index contributed by atoms with van der Waals surface area (Å²) in [5.74, 6) is 3.45. The van der Waals surface area contributed by atoms with Gasteiger partial charge in [-0.05, 0) is 29.8 Å². The highest BCUT2D eigenvalue weighted by molar-refractivity contribution is 5.59. The molecule has 0 unspecified atom stereocenters. The van der Waals surface area contributed by atoms with E-state index in [9.17, 15) is 0 Å². The smallest absolute Gasteiger partial charge is 0.231 e. The third-order valence-corrected chi connectivity index (χ3v) is 5.24. The number of fused-ring (bicyclic) bond motifs is 1. The van der Waals surface area contributed by atoms with Gasteiger partial charge in [-0.2, -0.15) is 0 Å². The zero-order chi connectivity index (χ0) is 19.5. The van der Waals surface area contributed by atoms with Crippen molar-refractivity contribution in [1.82, 2.24) is 14.9 Å². The number of nitrogens with one attached hydrogen (secondary N) is 1. The number of aromatic nitrogens is 2. The van der Waals surface area contributed by atoms with E-state index in [4.69, 9.17) is 9.47 Å². The van der Waals surface area contributed by atoms with Crippen LogP contribution in [-0.2, 0) is 6.54 Å². The quantitative estimate of drug-likeness (QED) is 0.718. The molecule has 0 saturated carbocycles. The SMILES string of the molecule is c1ccc(Nc2cc(N3CCN(Cc4ccc5c(c4)OCO5)CC3)ncn2)cc1. The molecular weight excluding hydrogens is 366 g/mol. The molecule has 2 aliphatic heterocycles. The predicted molar refractivity (Wildman–Crippen MR) is 112 cm³/mol. The fraction of sp³-hybridized carbons (Fsp3) is 0.273. The molecule has 1 N–H and O–H groups in total. The zero-order valence-electron chi connectivity index (χ0n) is 16.1. The van der Waals surface area contributed by atoms with Gasteiger partial charge in [0.1, 0.15) is 18.0 Å². The number of hydrogen-bond donors (Lipinski definition) is 1. The Bertz CT molecular complexity index is 974. The average Bonchev–Trinajstić information content (AvgIpc) is 3.23. The second-order valence-corrected chi connectivity index (χ2v) is 7.20. The first-order valence-corrected chi connectivity index (χ1v) is 9.83. The zero-order valence-corrected chi connectivity index (χ0v) is 16.1. The second kappa shape index (κ2) is 7.97. The van der Waals surface area contributed by atoms with Crippen molar-refractivity contribution >= 4 is 17.3 Å². The Labute approximate surface area is 169 Å². The van der Waals surface area contributed by atoms with Gasteiger partial charge in [-0.15, -0.1) is 0 Å². The third-order valence-electron chi connectivity index (χ3n) is 5.24. The minimum Gasteiger partial charge on any atom is -0.454 e. The monoisotopic (exact) mass is 389 g/mol. The number of piperazine rings is 1. The lowest BCUT2D eigenvalue weighted by Crippen LogP contribution is -2.46. The van der Waals surface area contributed by atoms with E-state index in [2.05, 4.69) is 37.2 Å². The van der Waals surface area contributed by atoms with Crippen LogP contribution in [-0.4, -0.2) is 47.8 Å². The van der Waals surface area contributed by atoms with Crippen molar-refractivity contribution in [3.8, 4) is 11.5 Å². The van der Waals surface area contributed by atoms with Gasteiger partial charge in [0, 0.05) is 44.5 Å². The molecule has 2 aromatic carbocycles. The third kappa shape index (κ3) is 4.09. The van der Waals surface area contributed by atoms with E-state index in [1.807, 2.05) is 42.5 Å². The van der Waals surface area contributed by atoms with Crippen molar-refractivity contribution in [3.63, 3.8) is 0 Å². The standard InChI is InChI=1S/C22H23N5O2/c1-2-4-18(5-3-1)25-21-13-22(24-15-23-21)27-10-8-26(9-11-27)14-17-6-7-19-20(12-17)29-16-28-19/h1-7,12-13,15H,8-11,14,16H2,(H,23,24,25). The number of benzene rings is 2. The van der Waals surface area contributed by atoms with Crippen molar-refractivity contribution in [1.29, 1.82) is 0 Å². The van der Waals surface area contributed by atoms with E-state index in [0.717, 1.165) is 61.5 Å². The number of nitrogens with zero attached hydrogens (tertiary/aromatic N) is 4. The molecule has 148 valence electrons. The van der Waals surface area contributed by atoms with Crippen molar-refractivity contribution in [2.75, 3.05) is 43.2 Å². The number of ether oxygens (including phenoxy) is 2. The topological polar surface area (TPSA) is 62.8 Å². The Morgan fingerprint density at radius 2 is 1.69 bits per heavy atom. The molecule has 1 fully saturated rings. The van der Waals surface area contributed by atoms with Crippen LogP contribution in [0.1, 0.15) is 5.56 Å². The average molecular weight is 389 g/mol. The fourth-order valence-electron chi connectivity index (χ4n) is 3.69. The van der Waals surface area contributed by atoms with Crippen molar-refractivity contribution in [3.05, 3.63) is 66.5 Å². The van der Waals surface area contributed by atoms with Crippen molar-refractivity contribution in [2.45, 2.75) is 6.54 Å². The molecule has 3 heterocycles. The highest BCUT2D eigenvalue weighted by atomic mass is 16.7. The van der Waals surface area contributed by atoms with Gasteiger partial charge in [0.25, 0.3) is 0 Å². The summed E-state index contributed by atoms with van der Waals surface area (Å²) in [5.41, 5.74) is 2.27. The largest absolute Gasteiger partial charge is 0.454 e.